The van der Waals surface area contributed by atoms with Crippen molar-refractivity contribution >= 4 is 23.2 Å². The highest BCUT2D eigenvalue weighted by molar-refractivity contribution is 7.10. The lowest BCUT2D eigenvalue weighted by Gasteiger charge is -2.34. The number of rotatable bonds is 4. The summed E-state index contributed by atoms with van der Waals surface area (Å²) in [5.41, 5.74) is 2.53. The molecule has 2 amide bonds. The van der Waals surface area contributed by atoms with Crippen molar-refractivity contribution in [3.8, 4) is 11.1 Å². The van der Waals surface area contributed by atoms with Crippen LogP contribution in [0, 0.1) is 0 Å². The second kappa shape index (κ2) is 8.28. The molecule has 0 saturated carbocycles. The molecule has 2 aromatic heterocycles. The highest BCUT2D eigenvalue weighted by Gasteiger charge is 2.21. The van der Waals surface area contributed by atoms with Crippen molar-refractivity contribution in [3.63, 3.8) is 0 Å². The number of hydrogen-bond acceptors (Lipinski definition) is 5. The van der Waals surface area contributed by atoms with Crippen LogP contribution in [0.2, 0.25) is 0 Å². The predicted molar refractivity (Wildman–Crippen MR) is 108 cm³/mol. The molecule has 1 aromatic carbocycles. The normalized spacial score (nSPS) is 14.9. The topological polar surface area (TPSA) is 61.4 Å². The van der Waals surface area contributed by atoms with Crippen LogP contribution in [0.3, 0.4) is 0 Å². The summed E-state index contributed by atoms with van der Waals surface area (Å²) in [6, 6.07) is 12.6. The molecule has 1 N–H and O–H groups in total. The van der Waals surface area contributed by atoms with Gasteiger partial charge >= 0.3 is 6.03 Å². The highest BCUT2D eigenvalue weighted by Crippen LogP contribution is 2.26. The zero-order valence-electron chi connectivity index (χ0n) is 14.9. The fourth-order valence-corrected chi connectivity index (χ4v) is 4.06. The van der Waals surface area contributed by atoms with Gasteiger partial charge in [-0.15, -0.1) is 11.3 Å². The monoisotopic (exact) mass is 379 g/mol. The number of thiophene rings is 1. The Kier molecular flexibility index (Phi) is 5.41. The third-order valence-corrected chi connectivity index (χ3v) is 5.52. The number of nitrogens with zero attached hydrogens (tertiary/aromatic N) is 4. The largest absolute Gasteiger partial charge is 0.323 e. The molecule has 27 heavy (non-hydrogen) atoms. The van der Waals surface area contributed by atoms with Gasteiger partial charge in [-0.2, -0.15) is 0 Å². The maximum absolute atomic E-state index is 12.3. The molecular formula is C20H21N5OS. The Balaban J connectivity index is 1.28. The molecule has 1 aliphatic rings. The minimum Gasteiger partial charge on any atom is -0.322 e. The average molecular weight is 379 g/mol. The van der Waals surface area contributed by atoms with E-state index in [-0.39, 0.29) is 6.03 Å². The molecule has 3 aromatic rings. The number of aromatic nitrogens is 2. The molecule has 6 nitrogen and oxygen atoms in total. The van der Waals surface area contributed by atoms with E-state index in [4.69, 9.17) is 0 Å². The number of benzene rings is 1. The molecule has 7 heteroatoms. The molecule has 0 atom stereocenters. The average Bonchev–Trinajstić information content (AvgIpc) is 3.18. The van der Waals surface area contributed by atoms with Crippen LogP contribution in [0.15, 0.2) is 60.4 Å². The number of carbonyl (C=O) groups is 1. The van der Waals surface area contributed by atoms with Crippen LogP contribution in [0.25, 0.3) is 11.1 Å². The summed E-state index contributed by atoms with van der Waals surface area (Å²) >= 11 is 1.80. The van der Waals surface area contributed by atoms with Gasteiger partial charge in [0.15, 0.2) is 5.82 Å². The third kappa shape index (κ3) is 4.50. The van der Waals surface area contributed by atoms with Crippen LogP contribution < -0.4 is 5.32 Å². The fraction of sp³-hybridized carbons (Fsp3) is 0.250. The maximum atomic E-state index is 12.3. The summed E-state index contributed by atoms with van der Waals surface area (Å²) in [5, 5.41) is 5.01. The molecule has 0 spiro atoms. The number of nitrogens with one attached hydrogen (secondary N) is 1. The second-order valence-electron chi connectivity index (χ2n) is 6.45. The molecule has 138 valence electrons. The van der Waals surface area contributed by atoms with Crippen LogP contribution in [-0.4, -0.2) is 52.0 Å². The standard InChI is InChI=1S/C20H21N5OS/c26-20(23-19-13-21-6-7-22-19)25-10-8-24(9-11-25)14-18-12-17(15-27-18)16-4-2-1-3-5-16/h1-7,12-13,15H,8-11,14H2,(H,22,23,26). The lowest BCUT2D eigenvalue weighted by molar-refractivity contribution is 0.143. The number of piperazine rings is 1. The van der Waals surface area contributed by atoms with E-state index in [9.17, 15) is 4.79 Å². The Hall–Kier alpha value is -2.77. The summed E-state index contributed by atoms with van der Waals surface area (Å²) in [6.07, 6.45) is 4.70. The number of anilines is 1. The molecular weight excluding hydrogens is 358 g/mol. The van der Waals surface area contributed by atoms with E-state index < -0.39 is 0 Å². The van der Waals surface area contributed by atoms with E-state index in [1.54, 1.807) is 29.9 Å². The molecule has 0 aliphatic carbocycles. The first-order chi connectivity index (χ1) is 13.3. The number of hydrogen-bond donors (Lipinski definition) is 1. The Morgan fingerprint density at radius 1 is 1.07 bits per heavy atom. The summed E-state index contributed by atoms with van der Waals surface area (Å²) in [4.78, 5) is 25.9. The second-order valence-corrected chi connectivity index (χ2v) is 7.45. The van der Waals surface area contributed by atoms with E-state index in [0.29, 0.717) is 18.9 Å². The van der Waals surface area contributed by atoms with Gasteiger partial charge in [0.05, 0.1) is 6.20 Å². The van der Waals surface area contributed by atoms with Crippen molar-refractivity contribution in [1.29, 1.82) is 0 Å². The first-order valence-corrected chi connectivity index (χ1v) is 9.83. The van der Waals surface area contributed by atoms with Gasteiger partial charge < -0.3 is 4.90 Å². The molecule has 1 saturated heterocycles. The van der Waals surface area contributed by atoms with Gasteiger partial charge in [-0.25, -0.2) is 9.78 Å². The Labute approximate surface area is 162 Å². The minimum absolute atomic E-state index is 0.113. The minimum atomic E-state index is -0.113. The first-order valence-electron chi connectivity index (χ1n) is 8.95. The summed E-state index contributed by atoms with van der Waals surface area (Å²) < 4.78 is 0. The quantitative estimate of drug-likeness (QED) is 0.753. The molecule has 0 unspecified atom stereocenters. The van der Waals surface area contributed by atoms with Crippen molar-refractivity contribution in [2.45, 2.75) is 6.54 Å². The fourth-order valence-electron chi connectivity index (χ4n) is 3.13. The maximum Gasteiger partial charge on any atom is 0.323 e. The van der Waals surface area contributed by atoms with Crippen LogP contribution >= 0.6 is 11.3 Å². The summed E-state index contributed by atoms with van der Waals surface area (Å²) in [6.45, 7) is 4.09. The van der Waals surface area contributed by atoms with Crippen LogP contribution in [-0.2, 0) is 6.54 Å². The predicted octanol–water partition coefficient (Wildman–Crippen LogP) is 3.55. The van der Waals surface area contributed by atoms with Crippen LogP contribution in [0.1, 0.15) is 4.88 Å². The molecule has 1 fully saturated rings. The van der Waals surface area contributed by atoms with Gasteiger partial charge in [0.1, 0.15) is 0 Å². The molecule has 1 aliphatic heterocycles. The van der Waals surface area contributed by atoms with Crippen molar-refractivity contribution < 1.29 is 4.79 Å². The highest BCUT2D eigenvalue weighted by atomic mass is 32.1. The van der Waals surface area contributed by atoms with Gasteiger partial charge in [-0.3, -0.25) is 15.2 Å². The lowest BCUT2D eigenvalue weighted by atomic mass is 10.1. The zero-order valence-corrected chi connectivity index (χ0v) is 15.7. The Morgan fingerprint density at radius 2 is 1.89 bits per heavy atom. The lowest BCUT2D eigenvalue weighted by Crippen LogP contribution is -2.49. The van der Waals surface area contributed by atoms with Gasteiger partial charge in [-0.1, -0.05) is 30.3 Å². The molecule has 3 heterocycles. The molecule has 4 rings (SSSR count). The van der Waals surface area contributed by atoms with Crippen LogP contribution in [0.4, 0.5) is 10.6 Å². The number of carbonyl (C=O) groups excluding carboxylic acids is 1. The Morgan fingerprint density at radius 3 is 2.63 bits per heavy atom. The number of urea groups is 1. The van der Waals surface area contributed by atoms with E-state index >= 15 is 0 Å². The molecule has 0 radical (unpaired) electrons. The van der Waals surface area contributed by atoms with Crippen molar-refractivity contribution in [3.05, 3.63) is 65.2 Å². The third-order valence-electron chi connectivity index (χ3n) is 4.60. The SMILES string of the molecule is O=C(Nc1cnccn1)N1CCN(Cc2cc(-c3ccccc3)cs2)CC1. The van der Waals surface area contributed by atoms with E-state index in [1.807, 2.05) is 11.0 Å². The van der Waals surface area contributed by atoms with Crippen LogP contribution in [0.5, 0.6) is 0 Å². The summed E-state index contributed by atoms with van der Waals surface area (Å²) in [7, 11) is 0. The van der Waals surface area contributed by atoms with E-state index in [2.05, 4.69) is 55.9 Å². The van der Waals surface area contributed by atoms with Gasteiger partial charge in [0.25, 0.3) is 0 Å². The first kappa shape index (κ1) is 17.6. The molecule has 0 bridgehead atoms. The van der Waals surface area contributed by atoms with Crippen molar-refractivity contribution in [1.82, 2.24) is 19.8 Å². The van der Waals surface area contributed by atoms with Crippen molar-refractivity contribution in [2.75, 3.05) is 31.5 Å². The summed E-state index contributed by atoms with van der Waals surface area (Å²) in [5.74, 6) is 0.483. The Bertz CT molecular complexity index is 876. The zero-order chi connectivity index (χ0) is 18.5. The van der Waals surface area contributed by atoms with Gasteiger partial charge in [-0.05, 0) is 22.6 Å². The van der Waals surface area contributed by atoms with E-state index in [0.717, 1.165) is 19.6 Å². The smallest absolute Gasteiger partial charge is 0.322 e. The number of amides is 2. The van der Waals surface area contributed by atoms with Gasteiger partial charge in [0, 0.05) is 50.0 Å². The van der Waals surface area contributed by atoms with Crippen molar-refractivity contribution in [2.24, 2.45) is 0 Å². The van der Waals surface area contributed by atoms with Gasteiger partial charge in [0.2, 0.25) is 0 Å². The van der Waals surface area contributed by atoms with E-state index in [1.165, 1.54) is 16.0 Å².